The van der Waals surface area contributed by atoms with Crippen LogP contribution in [0.2, 0.25) is 0 Å². The lowest BCUT2D eigenvalue weighted by atomic mass is 9.96. The fourth-order valence-electron chi connectivity index (χ4n) is 1.46. The first-order valence-electron chi connectivity index (χ1n) is 5.96. The third-order valence-electron chi connectivity index (χ3n) is 2.67. The van der Waals surface area contributed by atoms with Gasteiger partial charge in [0, 0.05) is 5.92 Å². The minimum atomic E-state index is 0.0615. The number of carbonyl (C=O) groups is 1. The average molecular weight is 220 g/mol. The molecule has 0 fully saturated rings. The highest BCUT2D eigenvalue weighted by atomic mass is 16.5. The maximum Gasteiger partial charge on any atom is 0.169 e. The van der Waals surface area contributed by atoms with E-state index in [0.717, 1.165) is 18.6 Å². The lowest BCUT2D eigenvalue weighted by Gasteiger charge is -2.12. The van der Waals surface area contributed by atoms with Crippen LogP contribution in [0.25, 0.3) is 0 Å². The van der Waals surface area contributed by atoms with Crippen LogP contribution in [0.15, 0.2) is 24.3 Å². The van der Waals surface area contributed by atoms with Gasteiger partial charge in [-0.15, -0.1) is 0 Å². The molecule has 0 aliphatic rings. The number of rotatable bonds is 6. The van der Waals surface area contributed by atoms with Gasteiger partial charge in [0.15, 0.2) is 5.78 Å². The van der Waals surface area contributed by atoms with Gasteiger partial charge in [0.1, 0.15) is 5.75 Å². The molecule has 88 valence electrons. The SMILES string of the molecule is CCCOc1ccccc1C(=O)C(C)CC. The topological polar surface area (TPSA) is 26.3 Å². The fourth-order valence-corrected chi connectivity index (χ4v) is 1.46. The second-order valence-electron chi connectivity index (χ2n) is 4.02. The van der Waals surface area contributed by atoms with Crippen molar-refractivity contribution in [3.63, 3.8) is 0 Å². The molecule has 0 amide bonds. The molecule has 0 saturated carbocycles. The Morgan fingerprint density at radius 3 is 2.62 bits per heavy atom. The Balaban J connectivity index is 2.89. The number of ether oxygens (including phenoxy) is 1. The van der Waals surface area contributed by atoms with Crippen LogP contribution in [0.1, 0.15) is 44.0 Å². The average Bonchev–Trinajstić information content (AvgIpc) is 2.34. The van der Waals surface area contributed by atoms with Crippen molar-refractivity contribution in [1.29, 1.82) is 0 Å². The first-order chi connectivity index (χ1) is 7.70. The van der Waals surface area contributed by atoms with Gasteiger partial charge in [0.05, 0.1) is 12.2 Å². The molecule has 2 nitrogen and oxygen atoms in total. The summed E-state index contributed by atoms with van der Waals surface area (Å²) in [7, 11) is 0. The molecule has 1 aromatic rings. The summed E-state index contributed by atoms with van der Waals surface area (Å²) < 4.78 is 5.58. The third-order valence-corrected chi connectivity index (χ3v) is 2.67. The molecule has 0 radical (unpaired) electrons. The highest BCUT2D eigenvalue weighted by Gasteiger charge is 2.17. The number of hydrogen-bond donors (Lipinski definition) is 0. The molecule has 0 N–H and O–H groups in total. The second kappa shape index (κ2) is 6.31. The molecule has 0 aliphatic carbocycles. The molecule has 1 unspecified atom stereocenters. The highest BCUT2D eigenvalue weighted by molar-refractivity contribution is 6.00. The normalized spacial score (nSPS) is 12.2. The molecular formula is C14H20O2. The minimum Gasteiger partial charge on any atom is -0.493 e. The van der Waals surface area contributed by atoms with E-state index in [1.807, 2.05) is 38.1 Å². The summed E-state index contributed by atoms with van der Waals surface area (Å²) in [6.45, 7) is 6.70. The predicted octanol–water partition coefficient (Wildman–Crippen LogP) is 3.70. The van der Waals surface area contributed by atoms with Gasteiger partial charge in [-0.3, -0.25) is 4.79 Å². The summed E-state index contributed by atoms with van der Waals surface area (Å²) in [5.41, 5.74) is 0.713. The van der Waals surface area contributed by atoms with Crippen molar-refractivity contribution in [3.8, 4) is 5.75 Å². The van der Waals surface area contributed by atoms with Crippen molar-refractivity contribution >= 4 is 5.78 Å². The van der Waals surface area contributed by atoms with E-state index in [9.17, 15) is 4.79 Å². The van der Waals surface area contributed by atoms with Gasteiger partial charge in [0.25, 0.3) is 0 Å². The van der Waals surface area contributed by atoms with E-state index in [2.05, 4.69) is 6.92 Å². The van der Waals surface area contributed by atoms with Crippen LogP contribution in [-0.2, 0) is 0 Å². The summed E-state index contributed by atoms with van der Waals surface area (Å²) in [4.78, 5) is 12.1. The minimum absolute atomic E-state index is 0.0615. The zero-order valence-electron chi connectivity index (χ0n) is 10.3. The fraction of sp³-hybridized carbons (Fsp3) is 0.500. The van der Waals surface area contributed by atoms with E-state index in [0.29, 0.717) is 12.2 Å². The molecule has 1 rings (SSSR count). The van der Waals surface area contributed by atoms with E-state index < -0.39 is 0 Å². The van der Waals surface area contributed by atoms with Crippen molar-refractivity contribution in [1.82, 2.24) is 0 Å². The molecule has 1 atom stereocenters. The number of carbonyl (C=O) groups excluding carboxylic acids is 1. The second-order valence-corrected chi connectivity index (χ2v) is 4.02. The Bertz CT molecular complexity index is 344. The Morgan fingerprint density at radius 1 is 1.31 bits per heavy atom. The van der Waals surface area contributed by atoms with Crippen LogP contribution < -0.4 is 4.74 Å². The molecule has 0 aliphatic heterocycles. The highest BCUT2D eigenvalue weighted by Crippen LogP contribution is 2.22. The molecule has 2 heteroatoms. The van der Waals surface area contributed by atoms with Gasteiger partial charge in [-0.1, -0.05) is 32.9 Å². The molecule has 0 heterocycles. The number of hydrogen-bond acceptors (Lipinski definition) is 2. The van der Waals surface area contributed by atoms with E-state index in [1.54, 1.807) is 0 Å². The van der Waals surface area contributed by atoms with Gasteiger partial charge >= 0.3 is 0 Å². The van der Waals surface area contributed by atoms with Crippen LogP contribution in [0.5, 0.6) is 5.75 Å². The standard InChI is InChI=1S/C14H20O2/c1-4-10-16-13-9-7-6-8-12(13)14(15)11(3)5-2/h6-9,11H,4-5,10H2,1-3H3. The number of benzene rings is 1. The van der Waals surface area contributed by atoms with Gasteiger partial charge in [-0.05, 0) is 25.0 Å². The monoisotopic (exact) mass is 220 g/mol. The number of para-hydroxylation sites is 1. The summed E-state index contributed by atoms with van der Waals surface area (Å²) in [6.07, 6.45) is 1.81. The van der Waals surface area contributed by atoms with Crippen molar-refractivity contribution in [2.24, 2.45) is 5.92 Å². The lowest BCUT2D eigenvalue weighted by Crippen LogP contribution is -2.12. The van der Waals surface area contributed by atoms with Gasteiger partial charge in [-0.25, -0.2) is 0 Å². The van der Waals surface area contributed by atoms with Crippen LogP contribution in [0.4, 0.5) is 0 Å². The first kappa shape index (κ1) is 12.8. The Labute approximate surface area is 97.6 Å². The lowest BCUT2D eigenvalue weighted by molar-refractivity contribution is 0.0923. The number of Topliss-reactive ketones (excluding diaryl/α,β-unsaturated/α-hetero) is 1. The summed E-state index contributed by atoms with van der Waals surface area (Å²) in [5, 5.41) is 0. The van der Waals surface area contributed by atoms with Gasteiger partial charge in [-0.2, -0.15) is 0 Å². The summed E-state index contributed by atoms with van der Waals surface area (Å²) >= 11 is 0. The number of ketones is 1. The molecule has 16 heavy (non-hydrogen) atoms. The van der Waals surface area contributed by atoms with Crippen molar-refractivity contribution in [3.05, 3.63) is 29.8 Å². The molecule has 1 aromatic carbocycles. The molecule has 0 spiro atoms. The van der Waals surface area contributed by atoms with Crippen LogP contribution in [-0.4, -0.2) is 12.4 Å². The van der Waals surface area contributed by atoms with Crippen molar-refractivity contribution in [2.45, 2.75) is 33.6 Å². The molecule has 0 saturated heterocycles. The van der Waals surface area contributed by atoms with Crippen LogP contribution in [0.3, 0.4) is 0 Å². The molecule has 0 aromatic heterocycles. The summed E-state index contributed by atoms with van der Waals surface area (Å²) in [5.74, 6) is 0.954. The van der Waals surface area contributed by atoms with E-state index in [4.69, 9.17) is 4.74 Å². The van der Waals surface area contributed by atoms with Gasteiger partial charge < -0.3 is 4.74 Å². The molecule has 0 bridgehead atoms. The zero-order chi connectivity index (χ0) is 12.0. The van der Waals surface area contributed by atoms with Crippen molar-refractivity contribution in [2.75, 3.05) is 6.61 Å². The maximum atomic E-state index is 12.1. The largest absolute Gasteiger partial charge is 0.493 e. The smallest absolute Gasteiger partial charge is 0.169 e. The van der Waals surface area contributed by atoms with Crippen LogP contribution in [0, 0.1) is 5.92 Å². The zero-order valence-corrected chi connectivity index (χ0v) is 10.3. The maximum absolute atomic E-state index is 12.1. The van der Waals surface area contributed by atoms with Crippen LogP contribution >= 0.6 is 0 Å². The van der Waals surface area contributed by atoms with E-state index in [-0.39, 0.29) is 11.7 Å². The van der Waals surface area contributed by atoms with Crippen molar-refractivity contribution < 1.29 is 9.53 Å². The van der Waals surface area contributed by atoms with E-state index >= 15 is 0 Å². The predicted molar refractivity (Wildman–Crippen MR) is 66.0 cm³/mol. The Kier molecular flexibility index (Phi) is 5.03. The van der Waals surface area contributed by atoms with E-state index in [1.165, 1.54) is 0 Å². The Morgan fingerprint density at radius 2 is 2.00 bits per heavy atom. The third kappa shape index (κ3) is 3.09. The van der Waals surface area contributed by atoms with Gasteiger partial charge in [0.2, 0.25) is 0 Å². The Hall–Kier alpha value is -1.31. The first-order valence-corrected chi connectivity index (χ1v) is 5.96. The summed E-state index contributed by atoms with van der Waals surface area (Å²) in [6, 6.07) is 7.50. The quantitative estimate of drug-likeness (QED) is 0.683. The molecular weight excluding hydrogens is 200 g/mol.